The Morgan fingerprint density at radius 3 is 2.32 bits per heavy atom. The topological polar surface area (TPSA) is 46.9 Å². The van der Waals surface area contributed by atoms with Crippen LogP contribution in [0.2, 0.25) is 0 Å². The van der Waals surface area contributed by atoms with Crippen LogP contribution in [0.1, 0.15) is 30.8 Å². The van der Waals surface area contributed by atoms with Gasteiger partial charge in [0.25, 0.3) is 0 Å². The Labute approximate surface area is 164 Å². The van der Waals surface area contributed by atoms with Gasteiger partial charge in [-0.2, -0.15) is 0 Å². The number of hydrogen-bond acceptors (Lipinski definition) is 2. The van der Waals surface area contributed by atoms with E-state index in [0.717, 1.165) is 28.1 Å². The van der Waals surface area contributed by atoms with Gasteiger partial charge in [-0.1, -0.05) is 60.7 Å². The summed E-state index contributed by atoms with van der Waals surface area (Å²) in [6.07, 6.45) is 0.976. The second kappa shape index (κ2) is 8.09. The Hall–Kier alpha value is -3.40. The Morgan fingerprint density at radius 1 is 0.929 bits per heavy atom. The number of carbonyl (C=O) groups is 1. The number of imidazole rings is 1. The van der Waals surface area contributed by atoms with Gasteiger partial charge in [0, 0.05) is 18.5 Å². The maximum absolute atomic E-state index is 12.5. The number of aromatic nitrogens is 2. The third kappa shape index (κ3) is 3.81. The molecule has 0 spiro atoms. The van der Waals surface area contributed by atoms with Crippen molar-refractivity contribution < 1.29 is 4.79 Å². The Morgan fingerprint density at radius 2 is 1.57 bits per heavy atom. The molecule has 1 amide bonds. The molecule has 1 unspecified atom stereocenters. The minimum absolute atomic E-state index is 0.0124. The highest BCUT2D eigenvalue weighted by Crippen LogP contribution is 2.22. The number of rotatable bonds is 6. The van der Waals surface area contributed by atoms with E-state index in [4.69, 9.17) is 4.98 Å². The molecular formula is C24H23N3O. The van der Waals surface area contributed by atoms with Gasteiger partial charge in [0.15, 0.2) is 0 Å². The highest BCUT2D eigenvalue weighted by atomic mass is 16.1. The minimum Gasteiger partial charge on any atom is -0.350 e. The van der Waals surface area contributed by atoms with Crippen LogP contribution in [0.5, 0.6) is 0 Å². The third-order valence-corrected chi connectivity index (χ3v) is 4.90. The second-order valence-electron chi connectivity index (χ2n) is 6.89. The summed E-state index contributed by atoms with van der Waals surface area (Å²) in [5, 5.41) is 3.08. The predicted octanol–water partition coefficient (Wildman–Crippen LogP) is 4.84. The zero-order chi connectivity index (χ0) is 19.3. The second-order valence-corrected chi connectivity index (χ2v) is 6.89. The predicted molar refractivity (Wildman–Crippen MR) is 112 cm³/mol. The zero-order valence-electron chi connectivity index (χ0n) is 15.9. The van der Waals surface area contributed by atoms with Crippen molar-refractivity contribution in [1.82, 2.24) is 14.9 Å². The molecule has 1 heterocycles. The lowest BCUT2D eigenvalue weighted by atomic mass is 10.1. The van der Waals surface area contributed by atoms with E-state index in [2.05, 4.69) is 28.1 Å². The standard InChI is InChI=1S/C24H23N3O/c1-18(19-10-4-2-5-11-19)25-24(28)17-16-23-26-21-14-8-9-15-22(21)27(23)20-12-6-3-7-13-20/h2-15,18H,16-17H2,1H3,(H,25,28). The first kappa shape index (κ1) is 18.0. The van der Waals surface area contributed by atoms with Gasteiger partial charge in [0.1, 0.15) is 5.82 Å². The number of hydrogen-bond donors (Lipinski definition) is 1. The summed E-state index contributed by atoms with van der Waals surface area (Å²) >= 11 is 0. The van der Waals surface area contributed by atoms with Crippen molar-refractivity contribution in [3.8, 4) is 5.69 Å². The number of amides is 1. The molecule has 1 aromatic heterocycles. The summed E-state index contributed by atoms with van der Waals surface area (Å²) in [5.74, 6) is 0.929. The quantitative estimate of drug-likeness (QED) is 0.529. The van der Waals surface area contributed by atoms with Crippen molar-refractivity contribution in [2.75, 3.05) is 0 Å². The van der Waals surface area contributed by atoms with Crippen LogP contribution >= 0.6 is 0 Å². The van der Waals surface area contributed by atoms with Crippen LogP contribution in [0.4, 0.5) is 0 Å². The molecule has 28 heavy (non-hydrogen) atoms. The summed E-state index contributed by atoms with van der Waals surface area (Å²) in [6, 6.07) is 28.2. The summed E-state index contributed by atoms with van der Waals surface area (Å²) in [5.41, 5.74) is 4.16. The molecular weight excluding hydrogens is 346 g/mol. The van der Waals surface area contributed by atoms with Crippen molar-refractivity contribution in [3.63, 3.8) is 0 Å². The fraction of sp³-hybridized carbons (Fsp3) is 0.167. The van der Waals surface area contributed by atoms with E-state index in [0.29, 0.717) is 12.8 Å². The van der Waals surface area contributed by atoms with Gasteiger partial charge in [-0.3, -0.25) is 9.36 Å². The van der Waals surface area contributed by atoms with E-state index in [1.807, 2.05) is 73.7 Å². The lowest BCUT2D eigenvalue weighted by Crippen LogP contribution is -2.27. The SMILES string of the molecule is CC(NC(=O)CCc1nc2ccccc2n1-c1ccccc1)c1ccccc1. The summed E-state index contributed by atoms with van der Waals surface area (Å²) < 4.78 is 2.14. The largest absolute Gasteiger partial charge is 0.350 e. The molecule has 3 aromatic carbocycles. The number of para-hydroxylation sites is 3. The Kier molecular flexibility index (Phi) is 5.20. The number of fused-ring (bicyclic) bond motifs is 1. The highest BCUT2D eigenvalue weighted by Gasteiger charge is 2.15. The molecule has 1 atom stereocenters. The number of carbonyl (C=O) groups excluding carboxylic acids is 1. The fourth-order valence-electron chi connectivity index (χ4n) is 3.47. The molecule has 0 fully saturated rings. The van der Waals surface area contributed by atoms with E-state index >= 15 is 0 Å². The molecule has 0 bridgehead atoms. The molecule has 0 aliphatic rings. The van der Waals surface area contributed by atoms with E-state index < -0.39 is 0 Å². The lowest BCUT2D eigenvalue weighted by molar-refractivity contribution is -0.121. The smallest absolute Gasteiger partial charge is 0.220 e. The monoisotopic (exact) mass is 369 g/mol. The fourth-order valence-corrected chi connectivity index (χ4v) is 3.47. The number of nitrogens with one attached hydrogen (secondary N) is 1. The van der Waals surface area contributed by atoms with Crippen LogP contribution in [0.25, 0.3) is 16.7 Å². The first-order valence-electron chi connectivity index (χ1n) is 9.58. The van der Waals surface area contributed by atoms with E-state index in [-0.39, 0.29) is 11.9 Å². The molecule has 4 heteroatoms. The average Bonchev–Trinajstić information content (AvgIpc) is 3.12. The van der Waals surface area contributed by atoms with Crippen molar-refractivity contribution in [1.29, 1.82) is 0 Å². The summed E-state index contributed by atoms with van der Waals surface area (Å²) in [4.78, 5) is 17.3. The van der Waals surface area contributed by atoms with Crippen molar-refractivity contribution in [3.05, 3.63) is 96.3 Å². The van der Waals surface area contributed by atoms with E-state index in [1.165, 1.54) is 0 Å². The van der Waals surface area contributed by atoms with Gasteiger partial charge < -0.3 is 5.32 Å². The Bertz CT molecular complexity index is 1070. The van der Waals surface area contributed by atoms with E-state index in [9.17, 15) is 4.79 Å². The van der Waals surface area contributed by atoms with Crippen LogP contribution in [0.15, 0.2) is 84.9 Å². The number of nitrogens with zero attached hydrogens (tertiary/aromatic N) is 2. The molecule has 4 aromatic rings. The highest BCUT2D eigenvalue weighted by molar-refractivity contribution is 5.79. The maximum atomic E-state index is 12.5. The molecule has 1 N–H and O–H groups in total. The normalized spacial score (nSPS) is 12.0. The van der Waals surface area contributed by atoms with Gasteiger partial charge in [0.2, 0.25) is 5.91 Å². The van der Waals surface area contributed by atoms with Crippen molar-refractivity contribution >= 4 is 16.9 Å². The van der Waals surface area contributed by atoms with Gasteiger partial charge in [-0.15, -0.1) is 0 Å². The van der Waals surface area contributed by atoms with Gasteiger partial charge in [-0.05, 0) is 36.8 Å². The number of aryl methyl sites for hydroxylation is 1. The van der Waals surface area contributed by atoms with Crippen LogP contribution < -0.4 is 5.32 Å². The van der Waals surface area contributed by atoms with Crippen LogP contribution in [-0.2, 0) is 11.2 Å². The first-order chi connectivity index (χ1) is 13.7. The van der Waals surface area contributed by atoms with Crippen LogP contribution in [0, 0.1) is 0 Å². The average molecular weight is 369 g/mol. The van der Waals surface area contributed by atoms with Crippen LogP contribution in [-0.4, -0.2) is 15.5 Å². The molecule has 0 aliphatic heterocycles. The first-order valence-corrected chi connectivity index (χ1v) is 9.58. The van der Waals surface area contributed by atoms with Crippen molar-refractivity contribution in [2.45, 2.75) is 25.8 Å². The molecule has 0 saturated carbocycles. The lowest BCUT2D eigenvalue weighted by Gasteiger charge is -2.14. The third-order valence-electron chi connectivity index (χ3n) is 4.90. The van der Waals surface area contributed by atoms with E-state index in [1.54, 1.807) is 0 Å². The molecule has 0 aliphatic carbocycles. The van der Waals surface area contributed by atoms with Gasteiger partial charge in [-0.25, -0.2) is 4.98 Å². The molecule has 0 saturated heterocycles. The molecule has 4 nitrogen and oxygen atoms in total. The summed E-state index contributed by atoms with van der Waals surface area (Å²) in [6.45, 7) is 2.01. The maximum Gasteiger partial charge on any atom is 0.220 e. The zero-order valence-corrected chi connectivity index (χ0v) is 15.9. The molecule has 140 valence electrons. The van der Waals surface area contributed by atoms with Crippen LogP contribution in [0.3, 0.4) is 0 Å². The summed E-state index contributed by atoms with van der Waals surface area (Å²) in [7, 11) is 0. The molecule has 4 rings (SSSR count). The van der Waals surface area contributed by atoms with Gasteiger partial charge in [0.05, 0.1) is 17.1 Å². The van der Waals surface area contributed by atoms with Crippen molar-refractivity contribution in [2.24, 2.45) is 0 Å². The van der Waals surface area contributed by atoms with Gasteiger partial charge >= 0.3 is 0 Å². The minimum atomic E-state index is -0.0124. The number of benzene rings is 3. The molecule has 0 radical (unpaired) electrons. The Balaban J connectivity index is 1.53.